The Kier molecular flexibility index (Phi) is 3.76. The molecular formula is C7H14N2. The van der Waals surface area contributed by atoms with Gasteiger partial charge in [0.25, 0.3) is 0 Å². The third-order valence-electron chi connectivity index (χ3n) is 1.19. The summed E-state index contributed by atoms with van der Waals surface area (Å²) in [4.78, 5) is 5.71. The van der Waals surface area contributed by atoms with Crippen LogP contribution in [0.2, 0.25) is 0 Å². The van der Waals surface area contributed by atoms with Crippen molar-refractivity contribution in [3.05, 3.63) is 12.3 Å². The van der Waals surface area contributed by atoms with Crippen molar-refractivity contribution in [2.45, 2.75) is 6.42 Å². The summed E-state index contributed by atoms with van der Waals surface area (Å²) in [5.41, 5.74) is 1.10. The maximum atomic E-state index is 3.83. The Labute approximate surface area is 56.9 Å². The first-order chi connectivity index (χ1) is 4.18. The van der Waals surface area contributed by atoms with Crippen molar-refractivity contribution in [3.8, 4) is 0 Å². The fourth-order valence-corrected chi connectivity index (χ4v) is 0.432. The molecule has 0 spiro atoms. The fourth-order valence-electron chi connectivity index (χ4n) is 0.432. The molecule has 0 bridgehead atoms. The molecule has 9 heavy (non-hydrogen) atoms. The number of hydrogen-bond donors (Lipinski definition) is 0. The molecule has 0 aromatic rings. The van der Waals surface area contributed by atoms with Crippen molar-refractivity contribution < 1.29 is 0 Å². The van der Waals surface area contributed by atoms with Crippen LogP contribution in [-0.4, -0.2) is 32.3 Å². The highest BCUT2D eigenvalue weighted by Gasteiger charge is 1.92. The fraction of sp³-hybridized carbons (Fsp3) is 0.571. The quantitative estimate of drug-likeness (QED) is 0.516. The first-order valence-corrected chi connectivity index (χ1v) is 2.96. The van der Waals surface area contributed by atoms with E-state index in [1.165, 1.54) is 0 Å². The molecule has 2 heteroatoms. The third-order valence-corrected chi connectivity index (χ3v) is 1.19. The SMILES string of the molecule is C=NCCC(=C)N(C)C. The summed E-state index contributed by atoms with van der Waals surface area (Å²) < 4.78 is 0. The predicted octanol–water partition coefficient (Wildman–Crippen LogP) is 1.15. The van der Waals surface area contributed by atoms with Gasteiger partial charge in [0.05, 0.1) is 0 Å². The molecule has 0 aromatic carbocycles. The van der Waals surface area contributed by atoms with E-state index in [0.29, 0.717) is 0 Å². The topological polar surface area (TPSA) is 15.6 Å². The van der Waals surface area contributed by atoms with E-state index in [4.69, 9.17) is 0 Å². The van der Waals surface area contributed by atoms with Crippen molar-refractivity contribution in [2.24, 2.45) is 4.99 Å². The molecule has 0 saturated heterocycles. The molecular weight excluding hydrogens is 112 g/mol. The minimum atomic E-state index is 0.775. The Morgan fingerprint density at radius 2 is 2.11 bits per heavy atom. The normalized spacial score (nSPS) is 8.67. The van der Waals surface area contributed by atoms with Gasteiger partial charge in [-0.3, -0.25) is 0 Å². The van der Waals surface area contributed by atoms with Crippen LogP contribution in [0, 0.1) is 0 Å². The molecule has 0 heterocycles. The lowest BCUT2D eigenvalue weighted by Crippen LogP contribution is -2.10. The molecule has 0 atom stereocenters. The van der Waals surface area contributed by atoms with Crippen molar-refractivity contribution in [3.63, 3.8) is 0 Å². The van der Waals surface area contributed by atoms with Crippen LogP contribution in [0.3, 0.4) is 0 Å². The molecule has 0 saturated carbocycles. The first kappa shape index (κ1) is 8.21. The number of hydrogen-bond acceptors (Lipinski definition) is 2. The highest BCUT2D eigenvalue weighted by molar-refractivity contribution is 5.23. The molecule has 52 valence electrons. The Morgan fingerprint density at radius 3 is 2.44 bits per heavy atom. The monoisotopic (exact) mass is 126 g/mol. The van der Waals surface area contributed by atoms with E-state index >= 15 is 0 Å². The number of rotatable bonds is 4. The smallest absolute Gasteiger partial charge is 0.0436 e. The lowest BCUT2D eigenvalue weighted by Gasteiger charge is -2.13. The van der Waals surface area contributed by atoms with Gasteiger partial charge in [0.15, 0.2) is 0 Å². The van der Waals surface area contributed by atoms with Crippen molar-refractivity contribution >= 4 is 6.72 Å². The molecule has 0 rings (SSSR count). The molecule has 0 aliphatic rings. The second-order valence-corrected chi connectivity index (χ2v) is 2.16. The van der Waals surface area contributed by atoms with E-state index in [-0.39, 0.29) is 0 Å². The van der Waals surface area contributed by atoms with E-state index in [2.05, 4.69) is 18.3 Å². The predicted molar refractivity (Wildman–Crippen MR) is 41.9 cm³/mol. The zero-order valence-electron chi connectivity index (χ0n) is 6.22. The van der Waals surface area contributed by atoms with Crippen LogP contribution in [-0.2, 0) is 0 Å². The molecule has 0 fully saturated rings. The maximum absolute atomic E-state index is 3.83. The van der Waals surface area contributed by atoms with Gasteiger partial charge in [-0.1, -0.05) is 6.58 Å². The molecule has 0 aliphatic carbocycles. The van der Waals surface area contributed by atoms with Crippen molar-refractivity contribution in [2.75, 3.05) is 20.6 Å². The van der Waals surface area contributed by atoms with Gasteiger partial charge in [-0.05, 0) is 6.72 Å². The van der Waals surface area contributed by atoms with E-state index in [0.717, 1.165) is 18.7 Å². The zero-order valence-corrected chi connectivity index (χ0v) is 6.22. The molecule has 0 unspecified atom stereocenters. The third kappa shape index (κ3) is 3.76. The lowest BCUT2D eigenvalue weighted by atomic mass is 10.3. The number of nitrogens with zero attached hydrogens (tertiary/aromatic N) is 2. The molecule has 0 radical (unpaired) electrons. The average molecular weight is 126 g/mol. The van der Waals surface area contributed by atoms with E-state index in [1.54, 1.807) is 0 Å². The van der Waals surface area contributed by atoms with Gasteiger partial charge in [0, 0.05) is 32.8 Å². The molecule has 0 aliphatic heterocycles. The largest absolute Gasteiger partial charge is 0.381 e. The van der Waals surface area contributed by atoms with Crippen LogP contribution in [0.4, 0.5) is 0 Å². The second kappa shape index (κ2) is 4.13. The maximum Gasteiger partial charge on any atom is 0.0436 e. The first-order valence-electron chi connectivity index (χ1n) is 2.96. The van der Waals surface area contributed by atoms with E-state index in [1.807, 2.05) is 19.0 Å². The average Bonchev–Trinajstić information content (AvgIpc) is 1.82. The highest BCUT2D eigenvalue weighted by Crippen LogP contribution is 1.99. The summed E-state index contributed by atoms with van der Waals surface area (Å²) >= 11 is 0. The van der Waals surface area contributed by atoms with E-state index in [9.17, 15) is 0 Å². The molecule has 0 amide bonds. The Bertz CT molecular complexity index is 105. The molecule has 2 nitrogen and oxygen atoms in total. The van der Waals surface area contributed by atoms with Gasteiger partial charge in [-0.2, -0.15) is 0 Å². The van der Waals surface area contributed by atoms with Crippen molar-refractivity contribution in [1.29, 1.82) is 0 Å². The zero-order chi connectivity index (χ0) is 7.28. The summed E-state index contributed by atoms with van der Waals surface area (Å²) in [6.07, 6.45) is 0.913. The van der Waals surface area contributed by atoms with Crippen LogP contribution in [0.25, 0.3) is 0 Å². The van der Waals surface area contributed by atoms with Gasteiger partial charge in [0.2, 0.25) is 0 Å². The second-order valence-electron chi connectivity index (χ2n) is 2.16. The standard InChI is InChI=1S/C7H14N2/c1-7(9(3)4)5-6-8-2/h1-2,5-6H2,3-4H3. The van der Waals surface area contributed by atoms with Gasteiger partial charge in [-0.15, -0.1) is 0 Å². The van der Waals surface area contributed by atoms with E-state index < -0.39 is 0 Å². The van der Waals surface area contributed by atoms with Gasteiger partial charge in [-0.25, -0.2) is 0 Å². The van der Waals surface area contributed by atoms with Crippen LogP contribution in [0.5, 0.6) is 0 Å². The highest BCUT2D eigenvalue weighted by atomic mass is 15.1. The minimum absolute atomic E-state index is 0.775. The van der Waals surface area contributed by atoms with Gasteiger partial charge in [0.1, 0.15) is 0 Å². The van der Waals surface area contributed by atoms with Crippen LogP contribution in [0.15, 0.2) is 17.3 Å². The summed E-state index contributed by atoms with van der Waals surface area (Å²) in [5.74, 6) is 0. The number of aliphatic imine (C=N–C) groups is 1. The summed E-state index contributed by atoms with van der Waals surface area (Å²) in [6, 6.07) is 0. The Hall–Kier alpha value is -0.790. The van der Waals surface area contributed by atoms with Gasteiger partial charge >= 0.3 is 0 Å². The molecule has 0 N–H and O–H groups in total. The van der Waals surface area contributed by atoms with Crippen LogP contribution in [0.1, 0.15) is 6.42 Å². The molecule has 0 aromatic heterocycles. The minimum Gasteiger partial charge on any atom is -0.381 e. The van der Waals surface area contributed by atoms with Crippen molar-refractivity contribution in [1.82, 2.24) is 4.90 Å². The summed E-state index contributed by atoms with van der Waals surface area (Å²) in [6.45, 7) is 7.99. The Balaban J connectivity index is 3.38. The summed E-state index contributed by atoms with van der Waals surface area (Å²) in [5, 5.41) is 0. The summed E-state index contributed by atoms with van der Waals surface area (Å²) in [7, 11) is 3.96. The van der Waals surface area contributed by atoms with Crippen LogP contribution < -0.4 is 0 Å². The van der Waals surface area contributed by atoms with Gasteiger partial charge < -0.3 is 9.89 Å². The van der Waals surface area contributed by atoms with Crippen LogP contribution >= 0.6 is 0 Å². The Morgan fingerprint density at radius 1 is 1.56 bits per heavy atom. The lowest BCUT2D eigenvalue weighted by molar-refractivity contribution is 0.492.